The van der Waals surface area contributed by atoms with Crippen LogP contribution in [0.25, 0.3) is 0 Å². The third-order valence-electron chi connectivity index (χ3n) is 2.88. The molecule has 0 heterocycles. The molecule has 0 aromatic heterocycles. The summed E-state index contributed by atoms with van der Waals surface area (Å²) in [5.74, 6) is 0.960. The van der Waals surface area contributed by atoms with Crippen LogP contribution in [0.15, 0.2) is 0 Å². The van der Waals surface area contributed by atoms with Crippen LogP contribution in [-0.2, 0) is 4.74 Å². The van der Waals surface area contributed by atoms with E-state index in [1.165, 1.54) is 12.8 Å². The Morgan fingerprint density at radius 3 is 2.57 bits per heavy atom. The molecule has 1 aliphatic carbocycles. The highest BCUT2D eigenvalue weighted by molar-refractivity contribution is 7.80. The summed E-state index contributed by atoms with van der Waals surface area (Å²) >= 11 is 4.38. The van der Waals surface area contributed by atoms with E-state index in [1.807, 2.05) is 0 Å². The van der Waals surface area contributed by atoms with Gasteiger partial charge < -0.3 is 9.84 Å². The van der Waals surface area contributed by atoms with Crippen molar-refractivity contribution < 1.29 is 9.84 Å². The van der Waals surface area contributed by atoms with Crippen molar-refractivity contribution in [2.75, 3.05) is 45.7 Å². The zero-order valence-electron chi connectivity index (χ0n) is 8.91. The van der Waals surface area contributed by atoms with Gasteiger partial charge in [-0.25, -0.2) is 0 Å². The van der Waals surface area contributed by atoms with Gasteiger partial charge in [0.2, 0.25) is 0 Å². The predicted octanol–water partition coefficient (Wildman–Crippen LogP) is 0.637. The smallest absolute Gasteiger partial charge is 0.0589 e. The molecule has 84 valence electrons. The van der Waals surface area contributed by atoms with Crippen LogP contribution in [0, 0.1) is 5.41 Å². The van der Waals surface area contributed by atoms with Crippen molar-refractivity contribution in [1.82, 2.24) is 4.90 Å². The van der Waals surface area contributed by atoms with Crippen LogP contribution < -0.4 is 0 Å². The lowest BCUT2D eigenvalue weighted by Crippen LogP contribution is -2.36. The molecule has 0 spiro atoms. The summed E-state index contributed by atoms with van der Waals surface area (Å²) in [5.41, 5.74) is 0.437. The lowest BCUT2D eigenvalue weighted by Gasteiger charge is -2.25. The second-order valence-corrected chi connectivity index (χ2v) is 4.47. The first kappa shape index (κ1) is 12.3. The van der Waals surface area contributed by atoms with Gasteiger partial charge in [-0.05, 0) is 24.0 Å². The summed E-state index contributed by atoms with van der Waals surface area (Å²) in [6, 6.07) is 0. The minimum Gasteiger partial charge on any atom is -0.395 e. The number of thiol groups is 1. The Labute approximate surface area is 91.8 Å². The number of hydrogen-bond donors (Lipinski definition) is 2. The Morgan fingerprint density at radius 2 is 2.14 bits per heavy atom. The molecule has 14 heavy (non-hydrogen) atoms. The standard InChI is InChI=1S/C10H21NO2S/c1-13-7-5-11(4-6-12)8-10(9-14)2-3-10/h12,14H,2-9H2,1H3. The van der Waals surface area contributed by atoms with Gasteiger partial charge in [-0.1, -0.05) is 0 Å². The highest BCUT2D eigenvalue weighted by Crippen LogP contribution is 2.46. The molecule has 1 aliphatic rings. The second-order valence-electron chi connectivity index (χ2n) is 4.15. The van der Waals surface area contributed by atoms with Crippen LogP contribution in [0.3, 0.4) is 0 Å². The minimum absolute atomic E-state index is 0.229. The Morgan fingerprint density at radius 1 is 1.43 bits per heavy atom. The van der Waals surface area contributed by atoms with Gasteiger partial charge in [0.1, 0.15) is 0 Å². The van der Waals surface area contributed by atoms with Crippen molar-refractivity contribution in [3.8, 4) is 0 Å². The minimum atomic E-state index is 0.229. The SMILES string of the molecule is COCCN(CCO)CC1(CS)CC1. The summed E-state index contributed by atoms with van der Waals surface area (Å²) in [5, 5.41) is 8.92. The molecule has 0 aromatic carbocycles. The van der Waals surface area contributed by atoms with Gasteiger partial charge in [0.05, 0.1) is 13.2 Å². The third kappa shape index (κ3) is 3.77. The number of rotatable bonds is 8. The number of nitrogens with zero attached hydrogens (tertiary/aromatic N) is 1. The van der Waals surface area contributed by atoms with Crippen molar-refractivity contribution in [1.29, 1.82) is 0 Å². The lowest BCUT2D eigenvalue weighted by molar-refractivity contribution is 0.119. The quantitative estimate of drug-likeness (QED) is 0.588. The van der Waals surface area contributed by atoms with Crippen molar-refractivity contribution >= 4 is 12.6 Å². The van der Waals surface area contributed by atoms with E-state index >= 15 is 0 Å². The molecule has 3 nitrogen and oxygen atoms in total. The molecular formula is C10H21NO2S. The van der Waals surface area contributed by atoms with E-state index in [2.05, 4.69) is 17.5 Å². The van der Waals surface area contributed by atoms with E-state index in [4.69, 9.17) is 9.84 Å². The number of methoxy groups -OCH3 is 1. The van der Waals surface area contributed by atoms with Crippen LogP contribution in [0.5, 0.6) is 0 Å². The van der Waals surface area contributed by atoms with Crippen molar-refractivity contribution in [3.63, 3.8) is 0 Å². The number of ether oxygens (including phenoxy) is 1. The molecule has 0 amide bonds. The van der Waals surface area contributed by atoms with Gasteiger partial charge in [0, 0.05) is 26.7 Å². The molecule has 1 rings (SSSR count). The first-order valence-electron chi connectivity index (χ1n) is 5.19. The third-order valence-corrected chi connectivity index (χ3v) is 3.55. The molecule has 0 radical (unpaired) electrons. The van der Waals surface area contributed by atoms with E-state index in [1.54, 1.807) is 7.11 Å². The zero-order valence-corrected chi connectivity index (χ0v) is 9.80. The lowest BCUT2D eigenvalue weighted by atomic mass is 10.1. The maximum absolute atomic E-state index is 8.92. The molecule has 4 heteroatoms. The van der Waals surface area contributed by atoms with Gasteiger partial charge >= 0.3 is 0 Å². The first-order chi connectivity index (χ1) is 6.76. The fourth-order valence-corrected chi connectivity index (χ4v) is 2.07. The van der Waals surface area contributed by atoms with Crippen LogP contribution in [0.4, 0.5) is 0 Å². The van der Waals surface area contributed by atoms with Gasteiger partial charge in [0.15, 0.2) is 0 Å². The summed E-state index contributed by atoms with van der Waals surface area (Å²) in [6.07, 6.45) is 2.57. The maximum atomic E-state index is 8.92. The molecule has 0 atom stereocenters. The van der Waals surface area contributed by atoms with E-state index in [0.717, 1.165) is 32.0 Å². The Kier molecular flexibility index (Phi) is 5.23. The van der Waals surface area contributed by atoms with Crippen molar-refractivity contribution in [2.24, 2.45) is 5.41 Å². The fraction of sp³-hybridized carbons (Fsp3) is 1.00. The average Bonchev–Trinajstić information content (AvgIpc) is 2.95. The largest absolute Gasteiger partial charge is 0.395 e. The molecule has 0 unspecified atom stereocenters. The molecular weight excluding hydrogens is 198 g/mol. The van der Waals surface area contributed by atoms with E-state index in [9.17, 15) is 0 Å². The molecule has 1 fully saturated rings. The van der Waals surface area contributed by atoms with E-state index in [0.29, 0.717) is 5.41 Å². The Balaban J connectivity index is 2.27. The normalized spacial score (nSPS) is 18.9. The van der Waals surface area contributed by atoms with Crippen LogP contribution in [0.1, 0.15) is 12.8 Å². The molecule has 0 aliphatic heterocycles. The predicted molar refractivity (Wildman–Crippen MR) is 60.9 cm³/mol. The number of aliphatic hydroxyl groups is 1. The fourth-order valence-electron chi connectivity index (χ4n) is 1.65. The molecule has 1 N–H and O–H groups in total. The van der Waals surface area contributed by atoms with Crippen LogP contribution >= 0.6 is 12.6 Å². The first-order valence-corrected chi connectivity index (χ1v) is 5.82. The van der Waals surface area contributed by atoms with Gasteiger partial charge in [-0.3, -0.25) is 4.90 Å². The summed E-state index contributed by atoms with van der Waals surface area (Å²) in [4.78, 5) is 2.27. The van der Waals surface area contributed by atoms with Crippen LogP contribution in [-0.4, -0.2) is 55.7 Å². The van der Waals surface area contributed by atoms with Crippen LogP contribution in [0.2, 0.25) is 0 Å². The zero-order chi connectivity index (χ0) is 10.4. The topological polar surface area (TPSA) is 32.7 Å². The second kappa shape index (κ2) is 5.95. The Bertz CT molecular complexity index is 162. The Hall–Kier alpha value is 0.230. The highest BCUT2D eigenvalue weighted by Gasteiger charge is 2.42. The van der Waals surface area contributed by atoms with Gasteiger partial charge in [0.25, 0.3) is 0 Å². The van der Waals surface area contributed by atoms with Gasteiger partial charge in [-0.15, -0.1) is 0 Å². The van der Waals surface area contributed by atoms with Crippen molar-refractivity contribution in [3.05, 3.63) is 0 Å². The average molecular weight is 219 g/mol. The monoisotopic (exact) mass is 219 g/mol. The van der Waals surface area contributed by atoms with Crippen molar-refractivity contribution in [2.45, 2.75) is 12.8 Å². The van der Waals surface area contributed by atoms with Gasteiger partial charge in [-0.2, -0.15) is 12.6 Å². The van der Waals surface area contributed by atoms with E-state index in [-0.39, 0.29) is 6.61 Å². The highest BCUT2D eigenvalue weighted by atomic mass is 32.1. The summed E-state index contributed by atoms with van der Waals surface area (Å²) < 4.78 is 5.04. The number of aliphatic hydroxyl groups excluding tert-OH is 1. The molecule has 1 saturated carbocycles. The molecule has 0 aromatic rings. The molecule has 0 saturated heterocycles. The maximum Gasteiger partial charge on any atom is 0.0589 e. The summed E-state index contributed by atoms with van der Waals surface area (Å²) in [6.45, 7) is 3.68. The molecule has 0 bridgehead atoms. The van der Waals surface area contributed by atoms with E-state index < -0.39 is 0 Å². The summed E-state index contributed by atoms with van der Waals surface area (Å²) in [7, 11) is 1.71. The number of hydrogen-bond acceptors (Lipinski definition) is 4.